The van der Waals surface area contributed by atoms with Crippen LogP contribution in [0.25, 0.3) is 17.1 Å². The molecule has 0 saturated carbocycles. The molecular weight excluding hydrogens is 412 g/mol. The fraction of sp³-hybridized carbons (Fsp3) is 0.231. The molecular formula is C26H26N6O. The Morgan fingerprint density at radius 1 is 1.06 bits per heavy atom. The van der Waals surface area contributed by atoms with Gasteiger partial charge in [-0.3, -0.25) is 4.98 Å². The average molecular weight is 439 g/mol. The highest BCUT2D eigenvalue weighted by Crippen LogP contribution is 2.20. The van der Waals surface area contributed by atoms with Crippen LogP contribution in [0.2, 0.25) is 0 Å². The highest BCUT2D eigenvalue weighted by atomic mass is 16.5. The van der Waals surface area contributed by atoms with E-state index in [-0.39, 0.29) is 0 Å². The number of aromatic nitrogens is 4. The van der Waals surface area contributed by atoms with Gasteiger partial charge in [0.05, 0.1) is 18.4 Å². The normalized spacial score (nSPS) is 10.5. The highest BCUT2D eigenvalue weighted by Gasteiger charge is 2.12. The number of hydrogen-bond acceptors (Lipinski definition) is 6. The number of anilines is 1. The summed E-state index contributed by atoms with van der Waals surface area (Å²) in [5.41, 5.74) is 4.07. The van der Waals surface area contributed by atoms with Gasteiger partial charge in [0.15, 0.2) is 5.82 Å². The van der Waals surface area contributed by atoms with E-state index in [0.717, 1.165) is 46.9 Å². The van der Waals surface area contributed by atoms with Crippen molar-refractivity contribution in [3.63, 3.8) is 0 Å². The van der Waals surface area contributed by atoms with E-state index in [0.29, 0.717) is 25.4 Å². The van der Waals surface area contributed by atoms with Crippen molar-refractivity contribution in [2.75, 3.05) is 11.9 Å². The molecule has 7 nitrogen and oxygen atoms in total. The van der Waals surface area contributed by atoms with Gasteiger partial charge < -0.3 is 10.1 Å². The fourth-order valence-electron chi connectivity index (χ4n) is 3.37. The Hall–Kier alpha value is -4.18. The van der Waals surface area contributed by atoms with Gasteiger partial charge in [-0.1, -0.05) is 19.1 Å². The van der Waals surface area contributed by atoms with E-state index < -0.39 is 0 Å². The van der Waals surface area contributed by atoms with Gasteiger partial charge in [-0.15, -0.1) is 5.10 Å². The van der Waals surface area contributed by atoms with Crippen LogP contribution in [0.1, 0.15) is 31.2 Å². The minimum Gasteiger partial charge on any atom is -0.494 e. The second-order valence-electron chi connectivity index (χ2n) is 7.51. The maximum atomic E-state index is 8.57. The number of nitriles is 1. The Balaban J connectivity index is 1.37. The second-order valence-corrected chi connectivity index (χ2v) is 7.51. The molecule has 4 rings (SSSR count). The first-order valence-electron chi connectivity index (χ1n) is 11.1. The van der Waals surface area contributed by atoms with Crippen LogP contribution >= 0.6 is 0 Å². The summed E-state index contributed by atoms with van der Waals surface area (Å²) in [6.07, 6.45) is 5.57. The van der Waals surface area contributed by atoms with Crippen molar-refractivity contribution in [3.8, 4) is 28.9 Å². The number of hydrogen-bond donors (Lipinski definition) is 1. The van der Waals surface area contributed by atoms with Crippen LogP contribution in [0.5, 0.6) is 5.75 Å². The largest absolute Gasteiger partial charge is 0.494 e. The minimum absolute atomic E-state index is 0.517. The van der Waals surface area contributed by atoms with Crippen LogP contribution in [0.3, 0.4) is 0 Å². The molecule has 0 atom stereocenters. The molecule has 4 aromatic rings. The molecule has 0 amide bonds. The standard InChI is InChI=1S/C26H26N6O/c1-2-25-30-26(21-6-5-16-28-19-21)31-32(25)23-11-9-22(10-12-23)29-18-20-7-13-24(14-8-20)33-17-4-3-15-27/h5-14,16,19,29H,2-4,17-18H2,1H3. The number of nitrogens with one attached hydrogen (secondary N) is 1. The first kappa shape index (κ1) is 22.0. The Morgan fingerprint density at radius 3 is 2.58 bits per heavy atom. The Kier molecular flexibility index (Phi) is 7.29. The SMILES string of the molecule is CCc1nc(-c2cccnc2)nn1-c1ccc(NCc2ccc(OCCCC#N)cc2)cc1. The first-order valence-corrected chi connectivity index (χ1v) is 11.1. The molecule has 0 aliphatic rings. The first-order chi connectivity index (χ1) is 16.3. The van der Waals surface area contributed by atoms with E-state index >= 15 is 0 Å². The van der Waals surface area contributed by atoms with Crippen LogP contribution in [-0.4, -0.2) is 26.4 Å². The summed E-state index contributed by atoms with van der Waals surface area (Å²) < 4.78 is 7.53. The number of nitrogens with zero attached hydrogens (tertiary/aromatic N) is 5. The molecule has 2 heterocycles. The van der Waals surface area contributed by atoms with Gasteiger partial charge >= 0.3 is 0 Å². The molecule has 33 heavy (non-hydrogen) atoms. The van der Waals surface area contributed by atoms with Gasteiger partial charge in [-0.25, -0.2) is 9.67 Å². The van der Waals surface area contributed by atoms with E-state index in [4.69, 9.17) is 15.1 Å². The van der Waals surface area contributed by atoms with Gasteiger partial charge in [0.2, 0.25) is 0 Å². The van der Waals surface area contributed by atoms with Crippen molar-refractivity contribution in [2.24, 2.45) is 0 Å². The Labute approximate surface area is 193 Å². The second kappa shape index (κ2) is 10.9. The summed E-state index contributed by atoms with van der Waals surface area (Å²) in [6, 6.07) is 22.2. The summed E-state index contributed by atoms with van der Waals surface area (Å²) in [5, 5.41) is 16.7. The number of benzene rings is 2. The van der Waals surface area contributed by atoms with Gasteiger partial charge in [0.1, 0.15) is 11.6 Å². The molecule has 0 saturated heterocycles. The number of unbranched alkanes of at least 4 members (excludes halogenated alkanes) is 1. The smallest absolute Gasteiger partial charge is 0.183 e. The van der Waals surface area contributed by atoms with Crippen molar-refractivity contribution >= 4 is 5.69 Å². The molecule has 7 heteroatoms. The summed E-state index contributed by atoms with van der Waals surface area (Å²) in [4.78, 5) is 8.85. The maximum Gasteiger partial charge on any atom is 0.183 e. The highest BCUT2D eigenvalue weighted by molar-refractivity contribution is 5.54. The average Bonchev–Trinajstić information content (AvgIpc) is 3.32. The minimum atomic E-state index is 0.517. The van der Waals surface area contributed by atoms with Gasteiger partial charge in [0.25, 0.3) is 0 Å². The fourth-order valence-corrected chi connectivity index (χ4v) is 3.37. The predicted octanol–water partition coefficient (Wildman–Crippen LogP) is 5.19. The number of aryl methyl sites for hydroxylation is 1. The van der Waals surface area contributed by atoms with Crippen molar-refractivity contribution in [1.29, 1.82) is 5.26 Å². The molecule has 0 radical (unpaired) electrons. The predicted molar refractivity (Wildman–Crippen MR) is 128 cm³/mol. The molecule has 1 N–H and O–H groups in total. The maximum absolute atomic E-state index is 8.57. The lowest BCUT2D eigenvalue weighted by Crippen LogP contribution is -2.03. The van der Waals surface area contributed by atoms with E-state index in [1.54, 1.807) is 12.4 Å². The molecule has 0 aliphatic carbocycles. The van der Waals surface area contributed by atoms with E-state index in [2.05, 4.69) is 28.3 Å². The molecule has 0 unspecified atom stereocenters. The summed E-state index contributed by atoms with van der Waals surface area (Å²) in [7, 11) is 0. The van der Waals surface area contributed by atoms with Crippen LogP contribution in [0, 0.1) is 11.3 Å². The lowest BCUT2D eigenvalue weighted by atomic mass is 10.2. The zero-order valence-corrected chi connectivity index (χ0v) is 18.6. The topological polar surface area (TPSA) is 88.7 Å². The summed E-state index contributed by atoms with van der Waals surface area (Å²) in [5.74, 6) is 2.41. The van der Waals surface area contributed by atoms with Crippen molar-refractivity contribution in [3.05, 3.63) is 84.4 Å². The lowest BCUT2D eigenvalue weighted by Gasteiger charge is -2.10. The van der Waals surface area contributed by atoms with E-state index in [1.165, 1.54) is 0 Å². The third-order valence-electron chi connectivity index (χ3n) is 5.14. The zero-order valence-electron chi connectivity index (χ0n) is 18.6. The van der Waals surface area contributed by atoms with Crippen LogP contribution in [-0.2, 0) is 13.0 Å². The lowest BCUT2D eigenvalue weighted by molar-refractivity contribution is 0.312. The molecule has 2 aromatic carbocycles. The quantitative estimate of drug-likeness (QED) is 0.343. The van der Waals surface area contributed by atoms with Crippen molar-refractivity contribution < 1.29 is 4.74 Å². The summed E-state index contributed by atoms with van der Waals surface area (Å²) >= 11 is 0. The third-order valence-corrected chi connectivity index (χ3v) is 5.14. The number of ether oxygens (including phenoxy) is 1. The third kappa shape index (κ3) is 5.74. The van der Waals surface area contributed by atoms with Gasteiger partial charge in [-0.05, 0) is 60.5 Å². The van der Waals surface area contributed by atoms with Crippen LogP contribution < -0.4 is 10.1 Å². The van der Waals surface area contributed by atoms with E-state index in [1.807, 2.05) is 65.3 Å². The van der Waals surface area contributed by atoms with Crippen molar-refractivity contribution in [2.45, 2.75) is 32.7 Å². The van der Waals surface area contributed by atoms with Gasteiger partial charge in [0, 0.05) is 43.0 Å². The molecule has 0 fully saturated rings. The molecule has 0 bridgehead atoms. The zero-order chi connectivity index (χ0) is 22.9. The molecule has 0 spiro atoms. The number of pyridine rings is 1. The number of rotatable bonds is 10. The molecule has 0 aliphatic heterocycles. The van der Waals surface area contributed by atoms with Gasteiger partial charge in [-0.2, -0.15) is 5.26 Å². The Morgan fingerprint density at radius 2 is 1.88 bits per heavy atom. The van der Waals surface area contributed by atoms with E-state index in [9.17, 15) is 0 Å². The summed E-state index contributed by atoms with van der Waals surface area (Å²) in [6.45, 7) is 3.35. The monoisotopic (exact) mass is 438 g/mol. The Bertz CT molecular complexity index is 1190. The van der Waals surface area contributed by atoms with Crippen LogP contribution in [0.15, 0.2) is 73.1 Å². The molecule has 166 valence electrons. The van der Waals surface area contributed by atoms with Crippen molar-refractivity contribution in [1.82, 2.24) is 19.7 Å². The molecule has 2 aromatic heterocycles. The van der Waals surface area contributed by atoms with Crippen LogP contribution in [0.4, 0.5) is 5.69 Å².